The Morgan fingerprint density at radius 2 is 1.88 bits per heavy atom. The highest BCUT2D eigenvalue weighted by atomic mass is 19.1. The van der Waals surface area contributed by atoms with Crippen LogP contribution in [0.15, 0.2) is 36.4 Å². The number of aliphatic hydroxyl groups is 1. The molecule has 1 fully saturated rings. The topological polar surface area (TPSA) is 118 Å². The highest BCUT2D eigenvalue weighted by Crippen LogP contribution is 2.32. The first-order chi connectivity index (χ1) is 16.4. The number of carbonyl (C=O) groups is 2. The molecule has 3 atom stereocenters. The van der Waals surface area contributed by atoms with Crippen LogP contribution in [0.3, 0.4) is 0 Å². The van der Waals surface area contributed by atoms with E-state index in [2.05, 4.69) is 16.0 Å². The quantitative estimate of drug-likeness (QED) is 0.487. The SMILES string of the molecule is O=C(NCC[C@H]1CC[C@@H](NC(=O)c2ccc3c(c2)OCO3)[C@H](CO)O1)Nc1cc(F)ccc1F. The molecule has 0 spiro atoms. The summed E-state index contributed by atoms with van der Waals surface area (Å²) in [6.45, 7) is 0.0538. The first kappa shape index (κ1) is 23.7. The van der Waals surface area contributed by atoms with Gasteiger partial charge in [0.25, 0.3) is 5.91 Å². The van der Waals surface area contributed by atoms with Crippen molar-refractivity contribution in [3.05, 3.63) is 53.6 Å². The molecule has 0 aromatic heterocycles. The minimum atomic E-state index is -0.744. The average molecular weight is 477 g/mol. The van der Waals surface area contributed by atoms with Crippen molar-refractivity contribution in [3.8, 4) is 11.5 Å². The van der Waals surface area contributed by atoms with Crippen LogP contribution in [0.4, 0.5) is 19.3 Å². The van der Waals surface area contributed by atoms with Crippen molar-refractivity contribution < 1.29 is 37.7 Å². The lowest BCUT2D eigenvalue weighted by Gasteiger charge is -2.36. The van der Waals surface area contributed by atoms with Crippen LogP contribution in [0.25, 0.3) is 0 Å². The Kier molecular flexibility index (Phi) is 7.43. The highest BCUT2D eigenvalue weighted by molar-refractivity contribution is 5.95. The zero-order valence-corrected chi connectivity index (χ0v) is 18.2. The second-order valence-corrected chi connectivity index (χ2v) is 8.00. The van der Waals surface area contributed by atoms with E-state index in [-0.39, 0.29) is 43.7 Å². The standard InChI is InChI=1S/C23H25F2N3O6/c24-14-2-4-16(25)18(10-14)28-23(31)26-8-7-15-3-5-17(21(11-29)34-15)27-22(30)13-1-6-19-20(9-13)33-12-32-19/h1-2,4,6,9-10,15,17,21,29H,3,5,7-8,11-12H2,(H,27,30)(H2,26,28,31)/t15-,17-,21+/m1/s1. The van der Waals surface area contributed by atoms with E-state index in [1.54, 1.807) is 18.2 Å². The summed E-state index contributed by atoms with van der Waals surface area (Å²) in [4.78, 5) is 24.6. The second kappa shape index (κ2) is 10.7. The second-order valence-electron chi connectivity index (χ2n) is 8.00. The first-order valence-corrected chi connectivity index (χ1v) is 10.9. The van der Waals surface area contributed by atoms with Crippen LogP contribution in [-0.4, -0.2) is 55.2 Å². The van der Waals surface area contributed by atoms with E-state index in [1.807, 2.05) is 0 Å². The molecule has 2 aromatic carbocycles. The Balaban J connectivity index is 1.23. The lowest BCUT2D eigenvalue weighted by atomic mass is 9.96. The molecule has 2 aliphatic heterocycles. The Hall–Kier alpha value is -3.44. The Morgan fingerprint density at radius 1 is 1.06 bits per heavy atom. The molecule has 3 amide bonds. The first-order valence-electron chi connectivity index (χ1n) is 10.9. The third kappa shape index (κ3) is 5.72. The van der Waals surface area contributed by atoms with Gasteiger partial charge in [-0.25, -0.2) is 13.6 Å². The number of urea groups is 1. The molecular formula is C23H25F2N3O6. The van der Waals surface area contributed by atoms with Gasteiger partial charge in [-0.3, -0.25) is 4.79 Å². The number of hydrogen-bond acceptors (Lipinski definition) is 6. The molecule has 1 saturated heterocycles. The van der Waals surface area contributed by atoms with Gasteiger partial charge in [-0.15, -0.1) is 0 Å². The maximum absolute atomic E-state index is 13.6. The van der Waals surface area contributed by atoms with E-state index in [9.17, 15) is 23.5 Å². The lowest BCUT2D eigenvalue weighted by molar-refractivity contribution is -0.0892. The third-order valence-electron chi connectivity index (χ3n) is 5.68. The summed E-state index contributed by atoms with van der Waals surface area (Å²) < 4.78 is 43.3. The molecule has 0 radical (unpaired) electrons. The van der Waals surface area contributed by atoms with E-state index in [0.717, 1.165) is 18.2 Å². The Bertz CT molecular complexity index is 1050. The van der Waals surface area contributed by atoms with E-state index >= 15 is 0 Å². The molecule has 2 aliphatic rings. The van der Waals surface area contributed by atoms with Gasteiger partial charge in [0.1, 0.15) is 17.7 Å². The molecule has 34 heavy (non-hydrogen) atoms. The highest BCUT2D eigenvalue weighted by Gasteiger charge is 2.32. The van der Waals surface area contributed by atoms with Crippen LogP contribution in [0.5, 0.6) is 11.5 Å². The van der Waals surface area contributed by atoms with Crippen LogP contribution in [0.1, 0.15) is 29.6 Å². The van der Waals surface area contributed by atoms with Crippen molar-refractivity contribution in [1.82, 2.24) is 10.6 Å². The summed E-state index contributed by atoms with van der Waals surface area (Å²) >= 11 is 0. The Morgan fingerprint density at radius 3 is 2.71 bits per heavy atom. The molecule has 4 N–H and O–H groups in total. The van der Waals surface area contributed by atoms with Crippen molar-refractivity contribution in [1.29, 1.82) is 0 Å². The van der Waals surface area contributed by atoms with Crippen molar-refractivity contribution in [3.63, 3.8) is 0 Å². The number of halogens is 2. The molecule has 4 rings (SSSR count). The van der Waals surface area contributed by atoms with Crippen molar-refractivity contribution in [2.24, 2.45) is 0 Å². The van der Waals surface area contributed by atoms with Gasteiger partial charge in [0.15, 0.2) is 11.5 Å². The van der Waals surface area contributed by atoms with Gasteiger partial charge in [0.05, 0.1) is 24.4 Å². The van der Waals surface area contributed by atoms with Gasteiger partial charge in [-0.05, 0) is 49.6 Å². The van der Waals surface area contributed by atoms with Crippen LogP contribution in [0, 0.1) is 11.6 Å². The van der Waals surface area contributed by atoms with Gasteiger partial charge in [0, 0.05) is 18.2 Å². The molecule has 2 aromatic rings. The average Bonchev–Trinajstić information content (AvgIpc) is 3.30. The van der Waals surface area contributed by atoms with Crippen molar-refractivity contribution >= 4 is 17.6 Å². The van der Waals surface area contributed by atoms with E-state index in [1.165, 1.54) is 0 Å². The summed E-state index contributed by atoms with van der Waals surface area (Å²) in [5.41, 5.74) is 0.154. The van der Waals surface area contributed by atoms with Crippen LogP contribution in [0.2, 0.25) is 0 Å². The number of anilines is 1. The third-order valence-corrected chi connectivity index (χ3v) is 5.68. The van der Waals surface area contributed by atoms with Crippen LogP contribution >= 0.6 is 0 Å². The molecule has 0 unspecified atom stereocenters. The number of nitrogens with one attached hydrogen (secondary N) is 3. The predicted octanol–water partition coefficient (Wildman–Crippen LogP) is 2.54. The number of aliphatic hydroxyl groups excluding tert-OH is 1. The smallest absolute Gasteiger partial charge is 0.319 e. The normalized spacial score (nSPS) is 21.1. The largest absolute Gasteiger partial charge is 0.454 e. The number of benzene rings is 2. The molecular weight excluding hydrogens is 452 g/mol. The van der Waals surface area contributed by atoms with Gasteiger partial charge in [-0.2, -0.15) is 0 Å². The van der Waals surface area contributed by atoms with Gasteiger partial charge < -0.3 is 35.3 Å². The number of fused-ring (bicyclic) bond motifs is 1. The lowest BCUT2D eigenvalue weighted by Crippen LogP contribution is -2.51. The summed E-state index contributed by atoms with van der Waals surface area (Å²) in [6.07, 6.45) is 0.768. The Labute approximate surface area is 194 Å². The minimum Gasteiger partial charge on any atom is -0.454 e. The number of carbonyl (C=O) groups excluding carboxylic acids is 2. The number of hydrogen-bond donors (Lipinski definition) is 4. The summed E-state index contributed by atoms with van der Waals surface area (Å²) in [5.74, 6) is -0.638. The van der Waals surface area contributed by atoms with Gasteiger partial charge in [0.2, 0.25) is 6.79 Å². The van der Waals surface area contributed by atoms with E-state index in [4.69, 9.17) is 14.2 Å². The fraction of sp³-hybridized carbons (Fsp3) is 0.391. The zero-order chi connectivity index (χ0) is 24.1. The maximum atomic E-state index is 13.6. The molecule has 0 saturated carbocycles. The van der Waals surface area contributed by atoms with Crippen molar-refractivity contribution in [2.45, 2.75) is 37.5 Å². The molecule has 0 bridgehead atoms. The molecule has 11 heteroatoms. The fourth-order valence-electron chi connectivity index (χ4n) is 3.91. The zero-order valence-electron chi connectivity index (χ0n) is 18.2. The summed E-state index contributed by atoms with van der Waals surface area (Å²) in [5, 5.41) is 17.5. The predicted molar refractivity (Wildman–Crippen MR) is 117 cm³/mol. The summed E-state index contributed by atoms with van der Waals surface area (Å²) in [6, 6.07) is 6.63. The maximum Gasteiger partial charge on any atom is 0.319 e. The van der Waals surface area contributed by atoms with Crippen molar-refractivity contribution in [2.75, 3.05) is 25.3 Å². The molecule has 2 heterocycles. The number of rotatable bonds is 7. The van der Waals surface area contributed by atoms with E-state index < -0.39 is 23.8 Å². The van der Waals surface area contributed by atoms with Gasteiger partial charge >= 0.3 is 6.03 Å². The minimum absolute atomic E-state index is 0.114. The molecule has 0 aliphatic carbocycles. The molecule has 9 nitrogen and oxygen atoms in total. The van der Waals surface area contributed by atoms with Crippen LogP contribution in [-0.2, 0) is 4.74 Å². The summed E-state index contributed by atoms with van der Waals surface area (Å²) in [7, 11) is 0. The number of amides is 3. The fourth-order valence-corrected chi connectivity index (χ4v) is 3.91. The monoisotopic (exact) mass is 477 g/mol. The number of ether oxygens (including phenoxy) is 3. The van der Waals surface area contributed by atoms with E-state index in [0.29, 0.717) is 36.3 Å². The van der Waals surface area contributed by atoms with Crippen LogP contribution < -0.4 is 25.4 Å². The van der Waals surface area contributed by atoms with Gasteiger partial charge in [-0.1, -0.05) is 0 Å². The molecule has 182 valence electrons.